The first-order chi connectivity index (χ1) is 12.2. The van der Waals surface area contributed by atoms with E-state index in [2.05, 4.69) is 5.10 Å². The number of hydrogen-bond acceptors (Lipinski definition) is 5. The van der Waals surface area contributed by atoms with E-state index in [0.717, 1.165) is 18.2 Å². The predicted octanol–water partition coefficient (Wildman–Crippen LogP) is 2.55. The van der Waals surface area contributed by atoms with Gasteiger partial charge in [0, 0.05) is 11.9 Å². The zero-order valence-electron chi connectivity index (χ0n) is 13.6. The van der Waals surface area contributed by atoms with Gasteiger partial charge in [-0.05, 0) is 37.5 Å². The standard InChI is InChI=1S/C18H18N4O3/c19-13-6-3-5-12-11-20-22(16(12)13)17(23)14-7-1-2-9-21(14)18(24)15-8-4-10-25-15/h3-6,8,10-11,14H,1-2,7,9,19H2/t14-/m1/s1. The van der Waals surface area contributed by atoms with Gasteiger partial charge in [0.15, 0.2) is 5.76 Å². The largest absolute Gasteiger partial charge is 0.459 e. The number of piperidine rings is 1. The lowest BCUT2D eigenvalue weighted by atomic mass is 10.0. The number of likely N-dealkylation sites (tertiary alicyclic amines) is 1. The average molecular weight is 338 g/mol. The smallest absolute Gasteiger partial charge is 0.290 e. The van der Waals surface area contributed by atoms with E-state index in [4.69, 9.17) is 10.2 Å². The summed E-state index contributed by atoms with van der Waals surface area (Å²) in [5.74, 6) is -0.274. The molecule has 25 heavy (non-hydrogen) atoms. The molecule has 1 fully saturated rings. The lowest BCUT2D eigenvalue weighted by molar-refractivity contribution is 0.0481. The molecule has 1 amide bonds. The number of para-hydroxylation sites is 1. The molecule has 3 aromatic rings. The minimum Gasteiger partial charge on any atom is -0.459 e. The van der Waals surface area contributed by atoms with Crippen molar-refractivity contribution in [3.05, 3.63) is 48.6 Å². The number of fused-ring (bicyclic) bond motifs is 1. The Morgan fingerprint density at radius 3 is 2.88 bits per heavy atom. The topological polar surface area (TPSA) is 94.4 Å². The zero-order valence-corrected chi connectivity index (χ0v) is 13.6. The molecule has 1 aliphatic heterocycles. The van der Waals surface area contributed by atoms with Gasteiger partial charge in [-0.1, -0.05) is 12.1 Å². The van der Waals surface area contributed by atoms with E-state index in [1.54, 1.807) is 29.3 Å². The van der Waals surface area contributed by atoms with Crippen molar-refractivity contribution in [2.45, 2.75) is 25.3 Å². The zero-order chi connectivity index (χ0) is 17.4. The third-order valence-electron chi connectivity index (χ3n) is 4.61. The molecule has 0 aliphatic carbocycles. The van der Waals surface area contributed by atoms with Crippen LogP contribution in [0.2, 0.25) is 0 Å². The normalized spacial score (nSPS) is 17.8. The highest BCUT2D eigenvalue weighted by molar-refractivity contribution is 6.01. The van der Waals surface area contributed by atoms with Crippen LogP contribution >= 0.6 is 0 Å². The number of nitrogens with two attached hydrogens (primary N) is 1. The van der Waals surface area contributed by atoms with Crippen LogP contribution in [0.4, 0.5) is 5.69 Å². The van der Waals surface area contributed by atoms with Gasteiger partial charge < -0.3 is 15.1 Å². The van der Waals surface area contributed by atoms with Crippen LogP contribution in [0.3, 0.4) is 0 Å². The summed E-state index contributed by atoms with van der Waals surface area (Å²) < 4.78 is 6.53. The fourth-order valence-corrected chi connectivity index (χ4v) is 3.39. The highest BCUT2D eigenvalue weighted by Crippen LogP contribution is 2.25. The lowest BCUT2D eigenvalue weighted by Gasteiger charge is -2.33. The van der Waals surface area contributed by atoms with Gasteiger partial charge in [0.05, 0.1) is 18.1 Å². The number of nitrogens with zero attached hydrogens (tertiary/aromatic N) is 3. The van der Waals surface area contributed by atoms with E-state index in [1.165, 1.54) is 10.9 Å². The SMILES string of the molecule is Nc1cccc2cnn(C(=O)[C@H]3CCCCN3C(=O)c3ccco3)c12. The molecular weight excluding hydrogens is 320 g/mol. The molecule has 7 heteroatoms. The van der Waals surface area contributed by atoms with Crippen molar-refractivity contribution in [3.63, 3.8) is 0 Å². The summed E-state index contributed by atoms with van der Waals surface area (Å²) in [6.45, 7) is 0.518. The van der Waals surface area contributed by atoms with Gasteiger partial charge >= 0.3 is 0 Å². The first kappa shape index (κ1) is 15.4. The molecule has 2 aromatic heterocycles. The molecule has 1 saturated heterocycles. The van der Waals surface area contributed by atoms with Crippen molar-refractivity contribution in [3.8, 4) is 0 Å². The number of nitrogen functional groups attached to an aromatic ring is 1. The van der Waals surface area contributed by atoms with Crippen molar-refractivity contribution in [1.82, 2.24) is 14.7 Å². The van der Waals surface area contributed by atoms with Gasteiger partial charge in [-0.3, -0.25) is 9.59 Å². The second kappa shape index (κ2) is 6.08. The minimum atomic E-state index is -0.575. The Kier molecular flexibility index (Phi) is 3.76. The Morgan fingerprint density at radius 2 is 2.08 bits per heavy atom. The number of carbonyl (C=O) groups excluding carboxylic acids is 2. The third-order valence-corrected chi connectivity index (χ3v) is 4.61. The molecule has 0 spiro atoms. The fraction of sp³-hybridized carbons (Fsp3) is 0.278. The average Bonchev–Trinajstić information content (AvgIpc) is 3.31. The van der Waals surface area contributed by atoms with Crippen LogP contribution < -0.4 is 5.73 Å². The summed E-state index contributed by atoms with van der Waals surface area (Å²) in [6, 6.07) is 8.11. The Labute approximate surface area is 144 Å². The number of furan rings is 1. The van der Waals surface area contributed by atoms with Crippen molar-refractivity contribution in [2.75, 3.05) is 12.3 Å². The summed E-state index contributed by atoms with van der Waals surface area (Å²) in [6.07, 6.45) is 5.41. The van der Waals surface area contributed by atoms with Crippen LogP contribution in [-0.4, -0.2) is 39.1 Å². The molecule has 1 aromatic carbocycles. The summed E-state index contributed by atoms with van der Waals surface area (Å²) in [4.78, 5) is 27.4. The van der Waals surface area contributed by atoms with E-state index >= 15 is 0 Å². The van der Waals surface area contributed by atoms with Crippen LogP contribution in [0.1, 0.15) is 34.6 Å². The molecule has 0 saturated carbocycles. The molecule has 4 rings (SSSR count). The molecule has 7 nitrogen and oxygen atoms in total. The van der Waals surface area contributed by atoms with Crippen molar-refractivity contribution < 1.29 is 14.0 Å². The van der Waals surface area contributed by atoms with E-state index < -0.39 is 6.04 Å². The van der Waals surface area contributed by atoms with Gasteiger partial charge in [-0.15, -0.1) is 0 Å². The molecule has 1 atom stereocenters. The third kappa shape index (κ3) is 2.57. The number of carbonyl (C=O) groups is 2. The second-order valence-electron chi connectivity index (χ2n) is 6.17. The maximum absolute atomic E-state index is 13.1. The molecule has 0 radical (unpaired) electrons. The van der Waals surface area contributed by atoms with Gasteiger partial charge in [0.1, 0.15) is 11.6 Å². The van der Waals surface area contributed by atoms with Crippen LogP contribution in [0.25, 0.3) is 10.9 Å². The van der Waals surface area contributed by atoms with Crippen molar-refractivity contribution in [2.24, 2.45) is 0 Å². The Hall–Kier alpha value is -3.09. The summed E-state index contributed by atoms with van der Waals surface area (Å²) in [5, 5.41) is 5.01. The first-order valence-corrected chi connectivity index (χ1v) is 8.28. The Bertz CT molecular complexity index is 929. The predicted molar refractivity (Wildman–Crippen MR) is 92.2 cm³/mol. The van der Waals surface area contributed by atoms with E-state index in [0.29, 0.717) is 24.2 Å². The molecule has 2 N–H and O–H groups in total. The van der Waals surface area contributed by atoms with Gasteiger partial charge in [0.25, 0.3) is 11.8 Å². The maximum atomic E-state index is 13.1. The number of rotatable bonds is 2. The minimum absolute atomic E-state index is 0.240. The summed E-state index contributed by atoms with van der Waals surface area (Å²) >= 11 is 0. The van der Waals surface area contributed by atoms with Gasteiger partial charge in [0.2, 0.25) is 0 Å². The molecule has 3 heterocycles. The van der Waals surface area contributed by atoms with Gasteiger partial charge in [-0.25, -0.2) is 0 Å². The van der Waals surface area contributed by atoms with Crippen LogP contribution in [0.5, 0.6) is 0 Å². The highest BCUT2D eigenvalue weighted by Gasteiger charge is 2.35. The molecule has 0 bridgehead atoms. The number of aromatic nitrogens is 2. The van der Waals surface area contributed by atoms with Crippen molar-refractivity contribution in [1.29, 1.82) is 0 Å². The summed E-state index contributed by atoms with van der Waals surface area (Å²) in [5.41, 5.74) is 7.11. The number of anilines is 1. The molecule has 1 aliphatic rings. The van der Waals surface area contributed by atoms with E-state index in [9.17, 15) is 9.59 Å². The highest BCUT2D eigenvalue weighted by atomic mass is 16.3. The van der Waals surface area contributed by atoms with Crippen LogP contribution in [0, 0.1) is 0 Å². The van der Waals surface area contributed by atoms with Crippen LogP contribution in [-0.2, 0) is 0 Å². The van der Waals surface area contributed by atoms with Crippen molar-refractivity contribution >= 4 is 28.4 Å². The van der Waals surface area contributed by atoms with E-state index in [1.807, 2.05) is 12.1 Å². The fourth-order valence-electron chi connectivity index (χ4n) is 3.39. The van der Waals surface area contributed by atoms with E-state index in [-0.39, 0.29) is 17.6 Å². The number of amides is 1. The quantitative estimate of drug-likeness (QED) is 0.725. The Morgan fingerprint density at radius 1 is 1.20 bits per heavy atom. The molecular formula is C18H18N4O3. The van der Waals surface area contributed by atoms with Crippen LogP contribution in [0.15, 0.2) is 47.2 Å². The Balaban J connectivity index is 1.70. The first-order valence-electron chi connectivity index (χ1n) is 8.28. The number of benzene rings is 1. The molecule has 128 valence electrons. The second-order valence-corrected chi connectivity index (χ2v) is 6.17. The summed E-state index contributed by atoms with van der Waals surface area (Å²) in [7, 11) is 0. The van der Waals surface area contributed by atoms with Gasteiger partial charge in [-0.2, -0.15) is 9.78 Å². The maximum Gasteiger partial charge on any atom is 0.290 e. The number of hydrogen-bond donors (Lipinski definition) is 1. The molecule has 0 unspecified atom stereocenters. The monoisotopic (exact) mass is 338 g/mol. The lowest BCUT2D eigenvalue weighted by Crippen LogP contribution is -2.49.